The van der Waals surface area contributed by atoms with Crippen LogP contribution in [0.1, 0.15) is 27.6 Å². The summed E-state index contributed by atoms with van der Waals surface area (Å²) in [6.45, 7) is 0. The average molecular weight is 256 g/mol. The molecule has 0 aliphatic heterocycles. The van der Waals surface area contributed by atoms with Crippen molar-refractivity contribution < 1.29 is 19.7 Å². The van der Waals surface area contributed by atoms with E-state index in [4.69, 9.17) is 0 Å². The van der Waals surface area contributed by atoms with Crippen LogP contribution in [-0.4, -0.2) is 23.3 Å². The topological polar surface area (TPSA) is 66.8 Å². The van der Waals surface area contributed by atoms with E-state index in [9.17, 15) is 15.0 Å². The van der Waals surface area contributed by atoms with Gasteiger partial charge in [-0.1, -0.05) is 30.3 Å². The monoisotopic (exact) mass is 256 g/mol. The maximum atomic E-state index is 11.8. The van der Waals surface area contributed by atoms with Gasteiger partial charge in [0.15, 0.2) is 0 Å². The van der Waals surface area contributed by atoms with Crippen LogP contribution < -0.4 is 0 Å². The summed E-state index contributed by atoms with van der Waals surface area (Å²) < 4.78 is 4.68. The summed E-state index contributed by atoms with van der Waals surface area (Å²) in [7, 11) is 1.25. The molecule has 1 aliphatic rings. The quantitative estimate of drug-likeness (QED) is 0.768. The van der Waals surface area contributed by atoms with Crippen molar-refractivity contribution in [3.63, 3.8) is 0 Å². The number of aromatic hydroxyl groups is 1. The molecule has 2 aromatic rings. The minimum Gasteiger partial charge on any atom is -0.507 e. The standard InChI is InChI=1S/C15H12O4/c1-19-15(18)13-11(16)7-6-9-8-4-2-3-5-10(8)14(17)12(9)13/h2-7,14,16-17H,1H3. The van der Waals surface area contributed by atoms with E-state index in [-0.39, 0.29) is 11.3 Å². The van der Waals surface area contributed by atoms with Gasteiger partial charge in [0.05, 0.1) is 7.11 Å². The van der Waals surface area contributed by atoms with Gasteiger partial charge in [-0.05, 0) is 22.8 Å². The highest BCUT2D eigenvalue weighted by Gasteiger charge is 2.33. The Hall–Kier alpha value is -2.33. The molecule has 2 aromatic carbocycles. The van der Waals surface area contributed by atoms with Crippen molar-refractivity contribution in [2.75, 3.05) is 7.11 Å². The fraction of sp³-hybridized carbons (Fsp3) is 0.133. The molecule has 4 heteroatoms. The molecule has 0 saturated carbocycles. The normalized spacial score (nSPS) is 15.8. The third-order valence-electron chi connectivity index (χ3n) is 3.43. The molecule has 0 amide bonds. The molecular weight excluding hydrogens is 244 g/mol. The predicted octanol–water partition coefficient (Wildman–Crippen LogP) is 2.24. The predicted molar refractivity (Wildman–Crippen MR) is 68.9 cm³/mol. The number of carbonyl (C=O) groups is 1. The first-order chi connectivity index (χ1) is 9.15. The molecule has 2 N–H and O–H groups in total. The number of aliphatic hydroxyl groups excluding tert-OH is 1. The van der Waals surface area contributed by atoms with E-state index < -0.39 is 12.1 Å². The molecular formula is C15H12O4. The molecule has 1 unspecified atom stereocenters. The number of aliphatic hydroxyl groups is 1. The summed E-state index contributed by atoms with van der Waals surface area (Å²) in [6.07, 6.45) is -0.924. The minimum atomic E-state index is -0.924. The van der Waals surface area contributed by atoms with Crippen molar-refractivity contribution >= 4 is 5.97 Å². The molecule has 0 aromatic heterocycles. The zero-order valence-corrected chi connectivity index (χ0v) is 10.3. The molecule has 96 valence electrons. The molecule has 4 nitrogen and oxygen atoms in total. The first kappa shape index (κ1) is 11.7. The molecule has 1 aliphatic carbocycles. The van der Waals surface area contributed by atoms with Gasteiger partial charge in [0, 0.05) is 5.56 Å². The Bertz CT molecular complexity index is 676. The molecule has 19 heavy (non-hydrogen) atoms. The first-order valence-electron chi connectivity index (χ1n) is 5.86. The van der Waals surface area contributed by atoms with Gasteiger partial charge in [0.25, 0.3) is 0 Å². The molecule has 3 rings (SSSR count). The number of esters is 1. The van der Waals surface area contributed by atoms with Crippen LogP contribution in [0.4, 0.5) is 0 Å². The molecule has 0 radical (unpaired) electrons. The van der Waals surface area contributed by atoms with Crippen LogP contribution in [0, 0.1) is 0 Å². The maximum absolute atomic E-state index is 11.8. The van der Waals surface area contributed by atoms with Crippen LogP contribution in [0.5, 0.6) is 5.75 Å². The number of phenols is 1. The molecule has 0 spiro atoms. The fourth-order valence-electron chi connectivity index (χ4n) is 2.58. The zero-order valence-electron chi connectivity index (χ0n) is 10.3. The number of phenolic OH excluding ortho intramolecular Hbond substituents is 1. The zero-order chi connectivity index (χ0) is 13.6. The van der Waals surface area contributed by atoms with Crippen LogP contribution in [0.15, 0.2) is 36.4 Å². The highest BCUT2D eigenvalue weighted by molar-refractivity contribution is 5.98. The number of hydrogen-bond donors (Lipinski definition) is 2. The largest absolute Gasteiger partial charge is 0.507 e. The lowest BCUT2D eigenvalue weighted by molar-refractivity contribution is 0.0592. The summed E-state index contributed by atoms with van der Waals surface area (Å²) >= 11 is 0. The van der Waals surface area contributed by atoms with Gasteiger partial charge in [-0.15, -0.1) is 0 Å². The van der Waals surface area contributed by atoms with E-state index in [2.05, 4.69) is 4.74 Å². The Morgan fingerprint density at radius 2 is 1.89 bits per heavy atom. The summed E-state index contributed by atoms with van der Waals surface area (Å²) in [6, 6.07) is 10.5. The number of fused-ring (bicyclic) bond motifs is 3. The van der Waals surface area contributed by atoms with Crippen molar-refractivity contribution in [2.24, 2.45) is 0 Å². The Morgan fingerprint density at radius 3 is 2.63 bits per heavy atom. The van der Waals surface area contributed by atoms with Crippen LogP contribution >= 0.6 is 0 Å². The van der Waals surface area contributed by atoms with E-state index in [0.29, 0.717) is 5.56 Å². The van der Waals surface area contributed by atoms with Crippen LogP contribution in [0.2, 0.25) is 0 Å². The number of hydrogen-bond acceptors (Lipinski definition) is 4. The number of ether oxygens (including phenoxy) is 1. The number of rotatable bonds is 1. The number of benzene rings is 2. The highest BCUT2D eigenvalue weighted by Crippen LogP contribution is 2.46. The van der Waals surface area contributed by atoms with E-state index >= 15 is 0 Å². The Labute approximate surface area is 109 Å². The van der Waals surface area contributed by atoms with E-state index in [1.807, 2.05) is 18.2 Å². The Kier molecular flexibility index (Phi) is 2.54. The van der Waals surface area contributed by atoms with Gasteiger partial charge in [0.2, 0.25) is 0 Å². The van der Waals surface area contributed by atoms with Crippen molar-refractivity contribution in [2.45, 2.75) is 6.10 Å². The summed E-state index contributed by atoms with van der Waals surface area (Å²) in [5.74, 6) is -0.835. The van der Waals surface area contributed by atoms with E-state index in [1.165, 1.54) is 13.2 Å². The maximum Gasteiger partial charge on any atom is 0.342 e. The van der Waals surface area contributed by atoms with Gasteiger partial charge >= 0.3 is 5.97 Å². The molecule has 0 heterocycles. The second-order valence-electron chi connectivity index (χ2n) is 4.40. The average Bonchev–Trinajstić information content (AvgIpc) is 2.72. The summed E-state index contributed by atoms with van der Waals surface area (Å²) in [5.41, 5.74) is 2.79. The Morgan fingerprint density at radius 1 is 1.16 bits per heavy atom. The molecule has 0 saturated heterocycles. The van der Waals surface area contributed by atoms with E-state index in [0.717, 1.165) is 16.7 Å². The van der Waals surface area contributed by atoms with E-state index in [1.54, 1.807) is 12.1 Å². The van der Waals surface area contributed by atoms with Crippen LogP contribution in [0.25, 0.3) is 11.1 Å². The summed E-state index contributed by atoms with van der Waals surface area (Å²) in [4.78, 5) is 11.8. The molecule has 0 fully saturated rings. The Balaban J connectivity index is 2.32. The minimum absolute atomic E-state index is 0.0312. The summed E-state index contributed by atoms with van der Waals surface area (Å²) in [5, 5.41) is 20.2. The molecule has 1 atom stereocenters. The second-order valence-corrected chi connectivity index (χ2v) is 4.40. The van der Waals surface area contributed by atoms with Gasteiger partial charge in [-0.3, -0.25) is 0 Å². The van der Waals surface area contributed by atoms with Gasteiger partial charge in [-0.25, -0.2) is 4.79 Å². The first-order valence-corrected chi connectivity index (χ1v) is 5.86. The van der Waals surface area contributed by atoms with Crippen molar-refractivity contribution in [3.05, 3.63) is 53.1 Å². The number of carbonyl (C=O) groups excluding carboxylic acids is 1. The highest BCUT2D eigenvalue weighted by atomic mass is 16.5. The van der Waals surface area contributed by atoms with Gasteiger partial charge < -0.3 is 14.9 Å². The van der Waals surface area contributed by atoms with Crippen molar-refractivity contribution in [1.82, 2.24) is 0 Å². The van der Waals surface area contributed by atoms with Crippen molar-refractivity contribution in [1.29, 1.82) is 0 Å². The second kappa shape index (κ2) is 4.10. The lowest BCUT2D eigenvalue weighted by Crippen LogP contribution is -2.08. The van der Waals surface area contributed by atoms with Crippen LogP contribution in [0.3, 0.4) is 0 Å². The third-order valence-corrected chi connectivity index (χ3v) is 3.43. The lowest BCUT2D eigenvalue weighted by atomic mass is 9.99. The van der Waals surface area contributed by atoms with Crippen molar-refractivity contribution in [3.8, 4) is 16.9 Å². The SMILES string of the molecule is COC(=O)c1c(O)ccc2c1C(O)c1ccccc1-2. The fourth-order valence-corrected chi connectivity index (χ4v) is 2.58. The number of methoxy groups -OCH3 is 1. The smallest absolute Gasteiger partial charge is 0.342 e. The van der Waals surface area contributed by atoms with Gasteiger partial charge in [-0.2, -0.15) is 0 Å². The third kappa shape index (κ3) is 1.54. The lowest BCUT2D eigenvalue weighted by Gasteiger charge is -2.12. The van der Waals surface area contributed by atoms with Gasteiger partial charge in [0.1, 0.15) is 17.4 Å². The van der Waals surface area contributed by atoms with Crippen LogP contribution in [-0.2, 0) is 4.74 Å². The molecule has 0 bridgehead atoms.